The van der Waals surface area contributed by atoms with Gasteiger partial charge in [0.1, 0.15) is 10.6 Å². The number of rotatable bonds is 3. The summed E-state index contributed by atoms with van der Waals surface area (Å²) in [7, 11) is 0. The third-order valence-electron chi connectivity index (χ3n) is 3.25. The number of amides is 1. The van der Waals surface area contributed by atoms with Crippen LogP contribution in [-0.4, -0.2) is 44.9 Å². The highest BCUT2D eigenvalue weighted by Crippen LogP contribution is 2.27. The average Bonchev–Trinajstić information content (AvgIpc) is 2.84. The van der Waals surface area contributed by atoms with Gasteiger partial charge < -0.3 is 9.64 Å². The Bertz CT molecular complexity index is 502. The Balaban J connectivity index is 1.93. The van der Waals surface area contributed by atoms with Crippen molar-refractivity contribution in [1.82, 2.24) is 14.9 Å². The van der Waals surface area contributed by atoms with E-state index in [2.05, 4.69) is 9.97 Å². The molecule has 1 aromatic heterocycles. The molecule has 1 fully saturated rings. The van der Waals surface area contributed by atoms with Crippen molar-refractivity contribution in [3.8, 4) is 0 Å². The third kappa shape index (κ3) is 4.59. The number of likely N-dealkylation sites (tertiary alicyclic amines) is 1. The van der Waals surface area contributed by atoms with E-state index < -0.39 is 5.60 Å². The maximum absolute atomic E-state index is 12.2. The minimum atomic E-state index is -0.446. The molecule has 0 spiro atoms. The summed E-state index contributed by atoms with van der Waals surface area (Å²) >= 11 is 1.66. The third-order valence-corrected chi connectivity index (χ3v) is 4.48. The lowest BCUT2D eigenvalue weighted by molar-refractivity contribution is 0.0242. The Morgan fingerprint density at radius 1 is 1.43 bits per heavy atom. The van der Waals surface area contributed by atoms with Crippen LogP contribution in [0, 0.1) is 6.92 Å². The molecule has 1 aromatic rings. The van der Waals surface area contributed by atoms with Crippen LogP contribution in [-0.2, 0) is 4.74 Å². The Morgan fingerprint density at radius 2 is 2.14 bits per heavy atom. The fourth-order valence-corrected chi connectivity index (χ4v) is 3.38. The molecule has 21 heavy (non-hydrogen) atoms. The van der Waals surface area contributed by atoms with Gasteiger partial charge in [-0.15, -0.1) is 11.8 Å². The molecule has 0 N–H and O–H groups in total. The van der Waals surface area contributed by atoms with Crippen molar-refractivity contribution in [3.63, 3.8) is 0 Å². The first-order valence-electron chi connectivity index (χ1n) is 7.27. The number of hydrogen-bond donors (Lipinski definition) is 0. The number of nitrogens with zero attached hydrogens (tertiary/aromatic N) is 3. The molecule has 5 nitrogen and oxygen atoms in total. The second-order valence-electron chi connectivity index (χ2n) is 6.23. The first-order chi connectivity index (χ1) is 9.87. The van der Waals surface area contributed by atoms with Gasteiger partial charge in [-0.1, -0.05) is 0 Å². The normalized spacial score (nSPS) is 18.9. The van der Waals surface area contributed by atoms with E-state index in [9.17, 15) is 4.79 Å². The molecule has 1 saturated heterocycles. The van der Waals surface area contributed by atoms with Gasteiger partial charge in [0.25, 0.3) is 0 Å². The summed E-state index contributed by atoms with van der Waals surface area (Å²) in [5, 5.41) is 0.938. The van der Waals surface area contributed by atoms with Crippen molar-refractivity contribution in [2.75, 3.05) is 12.3 Å². The summed E-state index contributed by atoms with van der Waals surface area (Å²) in [6, 6.07) is 0.214. The SMILES string of the molecule is Cc1nccnc1SC[C@@H]1CCCN1C(=O)OC(C)(C)C. The van der Waals surface area contributed by atoms with Crippen LogP contribution in [0.2, 0.25) is 0 Å². The molecule has 0 saturated carbocycles. The molecule has 1 atom stereocenters. The molecule has 0 aromatic carbocycles. The van der Waals surface area contributed by atoms with E-state index in [0.29, 0.717) is 0 Å². The Hall–Kier alpha value is -1.30. The summed E-state index contributed by atoms with van der Waals surface area (Å²) in [6.07, 6.45) is 5.24. The highest BCUT2D eigenvalue weighted by Gasteiger charge is 2.32. The van der Waals surface area contributed by atoms with Crippen molar-refractivity contribution in [3.05, 3.63) is 18.1 Å². The van der Waals surface area contributed by atoms with Crippen LogP contribution in [0.15, 0.2) is 17.4 Å². The summed E-state index contributed by atoms with van der Waals surface area (Å²) < 4.78 is 5.48. The highest BCUT2D eigenvalue weighted by molar-refractivity contribution is 7.99. The lowest BCUT2D eigenvalue weighted by Crippen LogP contribution is -2.40. The first-order valence-corrected chi connectivity index (χ1v) is 8.25. The molecule has 0 bridgehead atoms. The van der Waals surface area contributed by atoms with Gasteiger partial charge in [-0.25, -0.2) is 9.78 Å². The van der Waals surface area contributed by atoms with Gasteiger partial charge in [-0.3, -0.25) is 4.98 Å². The molecule has 0 aliphatic carbocycles. The van der Waals surface area contributed by atoms with Gasteiger partial charge in [0.15, 0.2) is 0 Å². The standard InChI is InChI=1S/C15H23N3O2S/c1-11-13(17-8-7-16-11)21-10-12-6-5-9-18(12)14(19)20-15(2,3)4/h7-8,12H,5-6,9-10H2,1-4H3/t12-/m0/s1. The molecular weight excluding hydrogens is 286 g/mol. The number of thioether (sulfide) groups is 1. The fraction of sp³-hybridized carbons (Fsp3) is 0.667. The minimum absolute atomic E-state index is 0.207. The van der Waals surface area contributed by atoms with Crippen LogP contribution in [0.25, 0.3) is 0 Å². The highest BCUT2D eigenvalue weighted by atomic mass is 32.2. The Labute approximate surface area is 130 Å². The predicted octanol–water partition coefficient (Wildman–Crippen LogP) is 3.28. The van der Waals surface area contributed by atoms with E-state index in [1.165, 1.54) is 0 Å². The Kier molecular flexibility index (Phi) is 5.08. The molecule has 2 heterocycles. The van der Waals surface area contributed by atoms with Crippen LogP contribution in [0.4, 0.5) is 4.79 Å². The van der Waals surface area contributed by atoms with Crippen molar-refractivity contribution in [1.29, 1.82) is 0 Å². The van der Waals surface area contributed by atoms with Gasteiger partial charge in [0.2, 0.25) is 0 Å². The zero-order valence-corrected chi connectivity index (χ0v) is 13.9. The molecule has 1 aliphatic rings. The number of hydrogen-bond acceptors (Lipinski definition) is 5. The van der Waals surface area contributed by atoms with Crippen LogP contribution >= 0.6 is 11.8 Å². The largest absolute Gasteiger partial charge is 0.444 e. The first kappa shape index (κ1) is 16.1. The Morgan fingerprint density at radius 3 is 2.81 bits per heavy atom. The van der Waals surface area contributed by atoms with E-state index in [4.69, 9.17) is 4.74 Å². The molecular formula is C15H23N3O2S. The summed E-state index contributed by atoms with van der Waals surface area (Å²) in [6.45, 7) is 8.42. The lowest BCUT2D eigenvalue weighted by atomic mass is 10.2. The van der Waals surface area contributed by atoms with E-state index in [1.807, 2.05) is 32.6 Å². The zero-order chi connectivity index (χ0) is 15.5. The van der Waals surface area contributed by atoms with Crippen LogP contribution in [0.3, 0.4) is 0 Å². The zero-order valence-electron chi connectivity index (χ0n) is 13.1. The van der Waals surface area contributed by atoms with Crippen molar-refractivity contribution in [2.24, 2.45) is 0 Å². The molecule has 1 aliphatic heterocycles. The average molecular weight is 309 g/mol. The molecule has 116 valence electrons. The van der Waals surface area contributed by atoms with Crippen molar-refractivity contribution in [2.45, 2.75) is 57.2 Å². The molecule has 0 radical (unpaired) electrons. The summed E-state index contributed by atoms with van der Waals surface area (Å²) in [5.74, 6) is 0.832. The van der Waals surface area contributed by atoms with Crippen LogP contribution in [0.1, 0.15) is 39.3 Å². The summed E-state index contributed by atoms with van der Waals surface area (Å²) in [4.78, 5) is 22.6. The van der Waals surface area contributed by atoms with Crippen molar-refractivity contribution < 1.29 is 9.53 Å². The number of carbonyl (C=O) groups is 1. The van der Waals surface area contributed by atoms with E-state index in [0.717, 1.165) is 35.9 Å². The number of aromatic nitrogens is 2. The molecule has 1 amide bonds. The second kappa shape index (κ2) is 6.64. The smallest absolute Gasteiger partial charge is 0.410 e. The molecule has 6 heteroatoms. The molecule has 0 unspecified atom stereocenters. The van der Waals surface area contributed by atoms with Crippen molar-refractivity contribution >= 4 is 17.9 Å². The predicted molar refractivity (Wildman–Crippen MR) is 83.5 cm³/mol. The van der Waals surface area contributed by atoms with E-state index in [1.54, 1.807) is 24.2 Å². The fourth-order valence-electron chi connectivity index (χ4n) is 2.28. The molecule has 2 rings (SSSR count). The topological polar surface area (TPSA) is 55.3 Å². The van der Waals surface area contributed by atoms with Gasteiger partial charge in [0, 0.05) is 30.7 Å². The van der Waals surface area contributed by atoms with E-state index in [-0.39, 0.29) is 12.1 Å². The van der Waals surface area contributed by atoms with E-state index >= 15 is 0 Å². The van der Waals surface area contributed by atoms with Gasteiger partial charge in [-0.05, 0) is 40.5 Å². The maximum atomic E-state index is 12.2. The number of carbonyl (C=O) groups excluding carboxylic acids is 1. The van der Waals surface area contributed by atoms with Gasteiger partial charge in [0.05, 0.1) is 5.69 Å². The van der Waals surface area contributed by atoms with Crippen LogP contribution in [0.5, 0.6) is 0 Å². The second-order valence-corrected chi connectivity index (χ2v) is 7.24. The van der Waals surface area contributed by atoms with Gasteiger partial charge >= 0.3 is 6.09 Å². The quantitative estimate of drug-likeness (QED) is 0.802. The van der Waals surface area contributed by atoms with Gasteiger partial charge in [-0.2, -0.15) is 0 Å². The summed E-state index contributed by atoms with van der Waals surface area (Å²) in [5.41, 5.74) is 0.489. The number of aryl methyl sites for hydroxylation is 1. The van der Waals surface area contributed by atoms with Crippen LogP contribution < -0.4 is 0 Å². The maximum Gasteiger partial charge on any atom is 0.410 e. The monoisotopic (exact) mass is 309 g/mol. The minimum Gasteiger partial charge on any atom is -0.444 e. The lowest BCUT2D eigenvalue weighted by Gasteiger charge is -2.28. The number of ether oxygens (including phenoxy) is 1.